The van der Waals surface area contributed by atoms with Crippen molar-refractivity contribution in [3.63, 3.8) is 0 Å². The van der Waals surface area contributed by atoms with E-state index in [1.165, 1.54) is 6.07 Å². The fourth-order valence-electron chi connectivity index (χ4n) is 2.30. The molecule has 1 heterocycles. The van der Waals surface area contributed by atoms with Gasteiger partial charge in [0.2, 0.25) is 0 Å². The van der Waals surface area contributed by atoms with Gasteiger partial charge in [0, 0.05) is 18.2 Å². The molecule has 0 amide bonds. The summed E-state index contributed by atoms with van der Waals surface area (Å²) in [7, 11) is 1.64. The van der Waals surface area contributed by atoms with Crippen LogP contribution in [0.1, 0.15) is 32.0 Å². The van der Waals surface area contributed by atoms with Gasteiger partial charge in [-0.3, -0.25) is 0 Å². The van der Waals surface area contributed by atoms with Crippen molar-refractivity contribution in [2.75, 3.05) is 7.11 Å². The average Bonchev–Trinajstić information content (AvgIpc) is 2.53. The summed E-state index contributed by atoms with van der Waals surface area (Å²) in [5.74, 6) is 1.02. The Bertz CT molecular complexity index is 670. The number of methoxy groups -OCH3 is 1. The Morgan fingerprint density at radius 1 is 1.17 bits per heavy atom. The number of hydrogen-bond donors (Lipinski definition) is 1. The van der Waals surface area contributed by atoms with Crippen molar-refractivity contribution in [2.24, 2.45) is 5.92 Å². The highest BCUT2D eigenvalue weighted by atomic mass is 19.1. The predicted octanol–water partition coefficient (Wildman–Crippen LogP) is 4.34. The summed E-state index contributed by atoms with van der Waals surface area (Å²) in [5, 5.41) is 3.33. The first kappa shape index (κ1) is 17.4. The molecule has 2 rings (SSSR count). The van der Waals surface area contributed by atoms with Crippen LogP contribution < -0.4 is 10.1 Å². The first-order valence-electron chi connectivity index (χ1n) is 7.96. The molecule has 0 bridgehead atoms. The van der Waals surface area contributed by atoms with Gasteiger partial charge in [0.1, 0.15) is 11.6 Å². The van der Waals surface area contributed by atoms with Crippen molar-refractivity contribution in [1.29, 1.82) is 0 Å². The van der Waals surface area contributed by atoms with Crippen LogP contribution in [0.25, 0.3) is 11.3 Å². The van der Waals surface area contributed by atoms with Crippen LogP contribution in [0.4, 0.5) is 4.39 Å². The van der Waals surface area contributed by atoms with Crippen molar-refractivity contribution in [1.82, 2.24) is 10.3 Å². The second kappa shape index (κ2) is 7.55. The average molecular weight is 316 g/mol. The zero-order valence-electron chi connectivity index (χ0n) is 14.5. The molecule has 124 valence electrons. The molecule has 0 unspecified atom stereocenters. The van der Waals surface area contributed by atoms with E-state index in [1.807, 2.05) is 25.1 Å². The molecule has 0 aliphatic carbocycles. The number of aryl methyl sites for hydroxylation is 1. The van der Waals surface area contributed by atoms with Crippen molar-refractivity contribution in [2.45, 2.75) is 40.3 Å². The topological polar surface area (TPSA) is 34.1 Å². The SMILES string of the molecule is COc1ccc(-c2ccc(F)c(CN[C@H](C)C(C)C)n2)c(C)c1. The Kier molecular flexibility index (Phi) is 5.72. The smallest absolute Gasteiger partial charge is 0.146 e. The van der Waals surface area contributed by atoms with E-state index in [0.717, 1.165) is 22.6 Å². The fraction of sp³-hybridized carbons (Fsp3) is 0.421. The van der Waals surface area contributed by atoms with Gasteiger partial charge in [-0.05, 0) is 55.7 Å². The molecule has 0 aliphatic heterocycles. The van der Waals surface area contributed by atoms with Gasteiger partial charge in [-0.2, -0.15) is 0 Å². The molecule has 0 saturated heterocycles. The molecule has 23 heavy (non-hydrogen) atoms. The summed E-state index contributed by atoms with van der Waals surface area (Å²) in [6.07, 6.45) is 0. The standard InChI is InChI=1S/C19H25FN2O/c1-12(2)14(4)21-11-19-17(20)8-9-18(22-19)16-7-6-15(23-5)10-13(16)3/h6-10,12,14,21H,11H2,1-5H3/t14-/m1/s1. The Hall–Kier alpha value is -1.94. The van der Waals surface area contributed by atoms with Crippen LogP contribution in [0.5, 0.6) is 5.75 Å². The number of nitrogens with zero attached hydrogens (tertiary/aromatic N) is 1. The van der Waals surface area contributed by atoms with Crippen LogP contribution in [0.15, 0.2) is 30.3 Å². The largest absolute Gasteiger partial charge is 0.497 e. The fourth-order valence-corrected chi connectivity index (χ4v) is 2.30. The molecule has 0 fully saturated rings. The number of nitrogens with one attached hydrogen (secondary N) is 1. The molecule has 0 aliphatic rings. The van der Waals surface area contributed by atoms with Gasteiger partial charge >= 0.3 is 0 Å². The lowest BCUT2D eigenvalue weighted by Gasteiger charge is -2.17. The number of benzene rings is 1. The maximum atomic E-state index is 14.0. The third-order valence-corrected chi connectivity index (χ3v) is 4.22. The minimum absolute atomic E-state index is 0.275. The van der Waals surface area contributed by atoms with Gasteiger partial charge in [-0.1, -0.05) is 13.8 Å². The van der Waals surface area contributed by atoms with Crippen LogP contribution >= 0.6 is 0 Å². The lowest BCUT2D eigenvalue weighted by molar-refractivity contribution is 0.414. The van der Waals surface area contributed by atoms with Crippen molar-refractivity contribution in [3.8, 4) is 17.0 Å². The third-order valence-electron chi connectivity index (χ3n) is 4.22. The van der Waals surface area contributed by atoms with Crippen molar-refractivity contribution < 1.29 is 9.13 Å². The summed E-state index contributed by atoms with van der Waals surface area (Å²) < 4.78 is 19.3. The Labute approximate surface area is 137 Å². The molecular weight excluding hydrogens is 291 g/mol. The maximum absolute atomic E-state index is 14.0. The van der Waals surface area contributed by atoms with Gasteiger partial charge in [0.25, 0.3) is 0 Å². The Morgan fingerprint density at radius 3 is 2.52 bits per heavy atom. The predicted molar refractivity (Wildman–Crippen MR) is 92.1 cm³/mol. The van der Waals surface area contributed by atoms with Crippen LogP contribution in [0.2, 0.25) is 0 Å². The van der Waals surface area contributed by atoms with Gasteiger partial charge in [0.15, 0.2) is 0 Å². The third kappa shape index (κ3) is 4.29. The van der Waals surface area contributed by atoms with E-state index in [0.29, 0.717) is 24.2 Å². The van der Waals surface area contributed by atoms with Crippen LogP contribution in [0, 0.1) is 18.7 Å². The van der Waals surface area contributed by atoms with E-state index in [2.05, 4.69) is 31.1 Å². The normalized spacial score (nSPS) is 12.5. The molecule has 2 aromatic rings. The van der Waals surface area contributed by atoms with Gasteiger partial charge < -0.3 is 10.1 Å². The quantitative estimate of drug-likeness (QED) is 0.861. The molecular formula is C19H25FN2O. The number of aromatic nitrogens is 1. The molecule has 1 atom stereocenters. The highest BCUT2D eigenvalue weighted by Crippen LogP contribution is 2.26. The van der Waals surface area contributed by atoms with Crippen molar-refractivity contribution in [3.05, 3.63) is 47.4 Å². The summed E-state index contributed by atoms with van der Waals surface area (Å²) in [4.78, 5) is 4.51. The number of halogens is 1. The summed E-state index contributed by atoms with van der Waals surface area (Å²) in [6, 6.07) is 9.33. The highest BCUT2D eigenvalue weighted by Gasteiger charge is 2.12. The summed E-state index contributed by atoms with van der Waals surface area (Å²) >= 11 is 0. The van der Waals surface area contributed by atoms with Gasteiger partial charge in [-0.25, -0.2) is 9.37 Å². The number of pyridine rings is 1. The van der Waals surface area contributed by atoms with Gasteiger partial charge in [0.05, 0.1) is 18.5 Å². The molecule has 0 radical (unpaired) electrons. The summed E-state index contributed by atoms with van der Waals surface area (Å²) in [5.41, 5.74) is 3.27. The highest BCUT2D eigenvalue weighted by molar-refractivity contribution is 5.64. The van der Waals surface area contributed by atoms with Crippen LogP contribution in [-0.2, 0) is 6.54 Å². The molecule has 1 N–H and O–H groups in total. The Morgan fingerprint density at radius 2 is 1.91 bits per heavy atom. The molecule has 4 heteroatoms. The van der Waals surface area contributed by atoms with Gasteiger partial charge in [-0.15, -0.1) is 0 Å². The van der Waals surface area contributed by atoms with E-state index in [-0.39, 0.29) is 5.82 Å². The van der Waals surface area contributed by atoms with Crippen LogP contribution in [-0.4, -0.2) is 18.1 Å². The van der Waals surface area contributed by atoms with E-state index in [9.17, 15) is 4.39 Å². The lowest BCUT2D eigenvalue weighted by atomic mass is 10.0. The van der Waals surface area contributed by atoms with E-state index < -0.39 is 0 Å². The molecule has 3 nitrogen and oxygen atoms in total. The first-order valence-corrected chi connectivity index (χ1v) is 7.96. The molecule has 1 aromatic carbocycles. The minimum atomic E-state index is -0.275. The zero-order valence-corrected chi connectivity index (χ0v) is 14.5. The monoisotopic (exact) mass is 316 g/mol. The second-order valence-electron chi connectivity index (χ2n) is 6.22. The molecule has 1 aromatic heterocycles. The first-order chi connectivity index (χ1) is 10.9. The number of hydrogen-bond acceptors (Lipinski definition) is 3. The van der Waals surface area contributed by atoms with E-state index in [1.54, 1.807) is 13.2 Å². The van der Waals surface area contributed by atoms with E-state index >= 15 is 0 Å². The Balaban J connectivity index is 2.26. The van der Waals surface area contributed by atoms with Crippen LogP contribution in [0.3, 0.4) is 0 Å². The summed E-state index contributed by atoms with van der Waals surface area (Å²) in [6.45, 7) is 8.80. The lowest BCUT2D eigenvalue weighted by Crippen LogP contribution is -2.30. The van der Waals surface area contributed by atoms with E-state index in [4.69, 9.17) is 4.74 Å². The second-order valence-corrected chi connectivity index (χ2v) is 6.22. The molecule has 0 saturated carbocycles. The maximum Gasteiger partial charge on any atom is 0.146 e. The number of rotatable bonds is 6. The van der Waals surface area contributed by atoms with Crippen molar-refractivity contribution >= 4 is 0 Å². The molecule has 0 spiro atoms. The zero-order chi connectivity index (χ0) is 17.0. The minimum Gasteiger partial charge on any atom is -0.497 e. The number of ether oxygens (including phenoxy) is 1.